The molecule has 6 nitrogen and oxygen atoms in total. The van der Waals surface area contributed by atoms with Crippen LogP contribution in [0.2, 0.25) is 0 Å². The molecule has 1 aliphatic rings. The first-order chi connectivity index (χ1) is 12.2. The molecule has 25 heavy (non-hydrogen) atoms. The van der Waals surface area contributed by atoms with Crippen molar-refractivity contribution in [2.45, 2.75) is 26.2 Å². The maximum absolute atomic E-state index is 11.7. The molecule has 0 aliphatic carbocycles. The second-order valence-corrected chi connectivity index (χ2v) is 6.08. The number of methoxy groups -OCH3 is 2. The van der Waals surface area contributed by atoms with Gasteiger partial charge in [-0.2, -0.15) is 0 Å². The summed E-state index contributed by atoms with van der Waals surface area (Å²) in [5.74, 6) is 1.73. The van der Waals surface area contributed by atoms with Crippen molar-refractivity contribution in [2.24, 2.45) is 10.9 Å². The molecule has 1 N–H and O–H groups in total. The molecule has 1 aromatic rings. The Morgan fingerprint density at radius 3 is 2.64 bits per heavy atom. The highest BCUT2D eigenvalue weighted by atomic mass is 16.5. The van der Waals surface area contributed by atoms with Gasteiger partial charge in [0.1, 0.15) is 5.75 Å². The van der Waals surface area contributed by atoms with Crippen LogP contribution in [0.3, 0.4) is 0 Å². The fraction of sp³-hybridized carbons (Fsp3) is 0.579. The molecule has 1 heterocycles. The molecular formula is C19H29N3O3. The predicted molar refractivity (Wildman–Crippen MR) is 99.0 cm³/mol. The first kappa shape index (κ1) is 19.1. The summed E-state index contributed by atoms with van der Waals surface area (Å²) in [7, 11) is 3.15. The van der Waals surface area contributed by atoms with Gasteiger partial charge in [0.25, 0.3) is 0 Å². The molecule has 1 aromatic carbocycles. The van der Waals surface area contributed by atoms with E-state index >= 15 is 0 Å². The van der Waals surface area contributed by atoms with Crippen LogP contribution in [-0.2, 0) is 16.0 Å². The summed E-state index contributed by atoms with van der Waals surface area (Å²) in [6.45, 7) is 5.22. The van der Waals surface area contributed by atoms with Crippen LogP contribution < -0.4 is 10.1 Å². The van der Waals surface area contributed by atoms with E-state index in [4.69, 9.17) is 14.5 Å². The third-order valence-electron chi connectivity index (χ3n) is 4.50. The van der Waals surface area contributed by atoms with Gasteiger partial charge in [-0.05, 0) is 37.8 Å². The fourth-order valence-electron chi connectivity index (χ4n) is 3.11. The molecule has 1 aliphatic heterocycles. The van der Waals surface area contributed by atoms with Crippen LogP contribution in [0.15, 0.2) is 29.3 Å². The van der Waals surface area contributed by atoms with E-state index in [1.807, 2.05) is 18.2 Å². The zero-order valence-corrected chi connectivity index (χ0v) is 15.5. The number of carbonyl (C=O) groups excluding carboxylic acids is 1. The molecule has 0 bridgehead atoms. The van der Waals surface area contributed by atoms with Crippen molar-refractivity contribution < 1.29 is 14.3 Å². The van der Waals surface area contributed by atoms with E-state index in [0.717, 1.165) is 56.2 Å². The van der Waals surface area contributed by atoms with Gasteiger partial charge in [-0.25, -0.2) is 0 Å². The van der Waals surface area contributed by atoms with Crippen LogP contribution in [0.25, 0.3) is 0 Å². The third-order valence-corrected chi connectivity index (χ3v) is 4.50. The van der Waals surface area contributed by atoms with E-state index in [-0.39, 0.29) is 11.9 Å². The van der Waals surface area contributed by atoms with Gasteiger partial charge in [0.15, 0.2) is 5.96 Å². The van der Waals surface area contributed by atoms with Crippen LogP contribution >= 0.6 is 0 Å². The van der Waals surface area contributed by atoms with E-state index in [1.54, 1.807) is 7.11 Å². The van der Waals surface area contributed by atoms with E-state index in [1.165, 1.54) is 7.11 Å². The number of rotatable bonds is 6. The number of hydrogen-bond donors (Lipinski definition) is 1. The van der Waals surface area contributed by atoms with Crippen molar-refractivity contribution in [2.75, 3.05) is 40.4 Å². The highest BCUT2D eigenvalue weighted by Crippen LogP contribution is 2.19. The molecule has 1 fully saturated rings. The average Bonchev–Trinajstić information content (AvgIpc) is 2.67. The van der Waals surface area contributed by atoms with Crippen molar-refractivity contribution in [3.05, 3.63) is 29.8 Å². The molecule has 2 rings (SSSR count). The molecular weight excluding hydrogens is 318 g/mol. The highest BCUT2D eigenvalue weighted by Gasteiger charge is 2.26. The van der Waals surface area contributed by atoms with Crippen molar-refractivity contribution in [3.63, 3.8) is 0 Å². The molecule has 0 radical (unpaired) electrons. The van der Waals surface area contributed by atoms with Gasteiger partial charge in [-0.1, -0.05) is 18.2 Å². The summed E-state index contributed by atoms with van der Waals surface area (Å²) in [5, 5.41) is 3.35. The molecule has 0 amide bonds. The second-order valence-electron chi connectivity index (χ2n) is 6.08. The number of hydrogen-bond acceptors (Lipinski definition) is 4. The maximum atomic E-state index is 11.7. The summed E-state index contributed by atoms with van der Waals surface area (Å²) < 4.78 is 10.2. The number of likely N-dealkylation sites (tertiary alicyclic amines) is 1. The number of ether oxygens (including phenoxy) is 2. The summed E-state index contributed by atoms with van der Waals surface area (Å²) in [4.78, 5) is 18.6. The first-order valence-electron chi connectivity index (χ1n) is 8.92. The highest BCUT2D eigenvalue weighted by molar-refractivity contribution is 5.80. The summed E-state index contributed by atoms with van der Waals surface area (Å²) in [6.07, 6.45) is 2.45. The van der Waals surface area contributed by atoms with Crippen LogP contribution in [0, 0.1) is 5.92 Å². The summed E-state index contributed by atoms with van der Waals surface area (Å²) in [5.41, 5.74) is 1.16. The Balaban J connectivity index is 1.93. The zero-order valence-electron chi connectivity index (χ0n) is 15.5. The zero-order chi connectivity index (χ0) is 18.1. The molecule has 0 unspecified atom stereocenters. The Morgan fingerprint density at radius 2 is 2.00 bits per heavy atom. The Bertz CT molecular complexity index is 581. The lowest BCUT2D eigenvalue weighted by molar-refractivity contribution is -0.146. The number of guanidine groups is 1. The summed E-state index contributed by atoms with van der Waals surface area (Å²) >= 11 is 0. The Labute approximate surface area is 150 Å². The van der Waals surface area contributed by atoms with Gasteiger partial charge in [0, 0.05) is 26.2 Å². The topological polar surface area (TPSA) is 63.2 Å². The van der Waals surface area contributed by atoms with Crippen molar-refractivity contribution in [1.82, 2.24) is 10.2 Å². The minimum absolute atomic E-state index is 0.0118. The van der Waals surface area contributed by atoms with Crippen molar-refractivity contribution in [3.8, 4) is 5.75 Å². The molecule has 1 saturated heterocycles. The molecule has 6 heteroatoms. The number of para-hydroxylation sites is 1. The Morgan fingerprint density at radius 1 is 1.28 bits per heavy atom. The number of aliphatic imine (C=N–C) groups is 1. The van der Waals surface area contributed by atoms with Gasteiger partial charge in [0.2, 0.25) is 0 Å². The van der Waals surface area contributed by atoms with Gasteiger partial charge < -0.3 is 19.7 Å². The normalized spacial score (nSPS) is 15.8. The fourth-order valence-corrected chi connectivity index (χ4v) is 3.11. The maximum Gasteiger partial charge on any atom is 0.308 e. The number of esters is 1. The molecule has 0 saturated carbocycles. The van der Waals surface area contributed by atoms with Gasteiger partial charge in [-0.15, -0.1) is 0 Å². The largest absolute Gasteiger partial charge is 0.496 e. The van der Waals surface area contributed by atoms with Crippen LogP contribution in [0.5, 0.6) is 5.75 Å². The van der Waals surface area contributed by atoms with Gasteiger partial charge >= 0.3 is 5.97 Å². The molecule has 0 aromatic heterocycles. The monoisotopic (exact) mass is 347 g/mol. The van der Waals surface area contributed by atoms with Gasteiger partial charge in [0.05, 0.1) is 20.1 Å². The lowest BCUT2D eigenvalue weighted by Crippen LogP contribution is -2.46. The molecule has 0 atom stereocenters. The molecule has 0 spiro atoms. The first-order valence-corrected chi connectivity index (χ1v) is 8.92. The van der Waals surface area contributed by atoms with Crippen molar-refractivity contribution >= 4 is 11.9 Å². The number of piperidine rings is 1. The number of benzene rings is 1. The summed E-state index contributed by atoms with van der Waals surface area (Å²) in [6, 6.07) is 8.04. The van der Waals surface area contributed by atoms with Crippen molar-refractivity contribution in [1.29, 1.82) is 0 Å². The second kappa shape index (κ2) is 9.91. The third kappa shape index (κ3) is 5.37. The minimum Gasteiger partial charge on any atom is -0.496 e. The molecule has 138 valence electrons. The number of nitrogens with one attached hydrogen (secondary N) is 1. The number of nitrogens with zero attached hydrogens (tertiary/aromatic N) is 2. The lowest BCUT2D eigenvalue weighted by Gasteiger charge is -2.33. The van der Waals surface area contributed by atoms with Crippen LogP contribution in [-0.4, -0.2) is 57.2 Å². The van der Waals surface area contributed by atoms with Crippen LogP contribution in [0.1, 0.15) is 25.3 Å². The predicted octanol–water partition coefficient (Wildman–Crippen LogP) is 2.09. The Kier molecular flexibility index (Phi) is 7.57. The Hall–Kier alpha value is -2.24. The minimum atomic E-state index is -0.0993. The van der Waals surface area contributed by atoms with Crippen LogP contribution in [0.4, 0.5) is 0 Å². The van der Waals surface area contributed by atoms with E-state index < -0.39 is 0 Å². The van der Waals surface area contributed by atoms with E-state index in [2.05, 4.69) is 23.2 Å². The average molecular weight is 347 g/mol. The van der Waals surface area contributed by atoms with Gasteiger partial charge in [-0.3, -0.25) is 9.79 Å². The van der Waals surface area contributed by atoms with E-state index in [0.29, 0.717) is 6.54 Å². The standard InChI is InChI=1S/C19H29N3O3/c1-4-20-19(22-13-10-16(11-14-22)18(23)25-3)21-12-9-15-7-5-6-8-17(15)24-2/h5-8,16H,4,9-14H2,1-3H3,(H,20,21). The van der Waals surface area contributed by atoms with E-state index in [9.17, 15) is 4.79 Å². The quantitative estimate of drug-likeness (QED) is 0.485. The smallest absolute Gasteiger partial charge is 0.308 e. The number of carbonyl (C=O) groups is 1. The SMILES string of the molecule is CCNC(=NCCc1ccccc1OC)N1CCC(C(=O)OC)CC1. The lowest BCUT2D eigenvalue weighted by atomic mass is 9.97.